The van der Waals surface area contributed by atoms with Gasteiger partial charge in [-0.2, -0.15) is 4.98 Å². The maximum atomic E-state index is 13.0. The molecule has 0 aromatic carbocycles. The van der Waals surface area contributed by atoms with Gasteiger partial charge in [-0.3, -0.25) is 9.59 Å². The van der Waals surface area contributed by atoms with Gasteiger partial charge in [0, 0.05) is 26.2 Å². The molecule has 0 aliphatic carbocycles. The summed E-state index contributed by atoms with van der Waals surface area (Å²) in [7, 11) is 1.65. The molecule has 0 bridgehead atoms. The van der Waals surface area contributed by atoms with Crippen LogP contribution in [0, 0.1) is 18.8 Å². The van der Waals surface area contributed by atoms with Gasteiger partial charge in [0.05, 0.1) is 6.54 Å². The predicted octanol–water partition coefficient (Wildman–Crippen LogP) is 2.43. The molecule has 8 nitrogen and oxygen atoms in total. The smallest absolute Gasteiger partial charge is 0.263 e. The summed E-state index contributed by atoms with van der Waals surface area (Å²) in [6.45, 7) is 8.70. The second-order valence-electron chi connectivity index (χ2n) is 8.41. The molecule has 2 aromatic heterocycles. The summed E-state index contributed by atoms with van der Waals surface area (Å²) in [6, 6.07) is 1.84. The van der Waals surface area contributed by atoms with Crippen molar-refractivity contribution in [2.75, 3.05) is 20.1 Å². The fourth-order valence-corrected chi connectivity index (χ4v) is 3.69. The molecular weight excluding hydrogens is 406 g/mol. The van der Waals surface area contributed by atoms with Crippen molar-refractivity contribution in [3.63, 3.8) is 0 Å². The maximum Gasteiger partial charge on any atom is 0.263 e. The topological polar surface area (TPSA) is 93.3 Å². The summed E-state index contributed by atoms with van der Waals surface area (Å²) in [5, 5.41) is 7.32. The van der Waals surface area contributed by atoms with E-state index in [1.807, 2.05) is 6.07 Å². The van der Waals surface area contributed by atoms with Crippen LogP contribution in [0.4, 0.5) is 0 Å². The first-order valence-corrected chi connectivity index (χ1v) is 10.3. The van der Waals surface area contributed by atoms with Crippen LogP contribution in [0.25, 0.3) is 0 Å². The second kappa shape index (κ2) is 10.7. The molecule has 0 spiro atoms. The largest absolute Gasteiger partial charge is 0.339 e. The number of halogens is 1. The minimum Gasteiger partial charge on any atom is -0.339 e. The van der Waals surface area contributed by atoms with E-state index in [0.29, 0.717) is 42.1 Å². The number of amides is 1. The average molecular weight is 438 g/mol. The molecule has 166 valence electrons. The molecule has 9 heteroatoms. The molecular formula is C21H32ClN5O3. The first-order chi connectivity index (χ1) is 13.8. The summed E-state index contributed by atoms with van der Waals surface area (Å²) in [6.07, 6.45) is 4.69. The van der Waals surface area contributed by atoms with Gasteiger partial charge in [-0.15, -0.1) is 12.4 Å². The summed E-state index contributed by atoms with van der Waals surface area (Å²) in [4.78, 5) is 31.9. The Balaban J connectivity index is 0.00000320. The Kier molecular flexibility index (Phi) is 8.61. The number of carbonyl (C=O) groups excluding carboxylic acids is 1. The molecule has 30 heavy (non-hydrogen) atoms. The average Bonchev–Trinajstić information content (AvgIpc) is 3.11. The number of carbonyl (C=O) groups is 1. The molecule has 3 rings (SSSR count). The Morgan fingerprint density at radius 3 is 2.87 bits per heavy atom. The summed E-state index contributed by atoms with van der Waals surface area (Å²) >= 11 is 0. The van der Waals surface area contributed by atoms with E-state index in [1.165, 1.54) is 4.90 Å². The van der Waals surface area contributed by atoms with Gasteiger partial charge in [0.15, 0.2) is 5.82 Å². The zero-order valence-corrected chi connectivity index (χ0v) is 19.0. The third-order valence-corrected chi connectivity index (χ3v) is 5.26. The zero-order valence-electron chi connectivity index (χ0n) is 18.2. The lowest BCUT2D eigenvalue weighted by Crippen LogP contribution is -2.38. The Bertz CT molecular complexity index is 902. The van der Waals surface area contributed by atoms with Crippen molar-refractivity contribution < 1.29 is 9.32 Å². The fourth-order valence-electron chi connectivity index (χ4n) is 3.69. The van der Waals surface area contributed by atoms with Gasteiger partial charge in [-0.05, 0) is 56.3 Å². The number of hydrogen-bond donors (Lipinski definition) is 1. The molecule has 1 aliphatic rings. The molecule has 1 atom stereocenters. The van der Waals surface area contributed by atoms with Gasteiger partial charge in [0.1, 0.15) is 5.56 Å². The quantitative estimate of drug-likeness (QED) is 0.715. The molecule has 0 saturated carbocycles. The number of piperidine rings is 1. The molecule has 3 heterocycles. The van der Waals surface area contributed by atoms with Crippen LogP contribution in [-0.4, -0.2) is 45.7 Å². The van der Waals surface area contributed by atoms with Crippen LogP contribution < -0.4 is 10.9 Å². The second-order valence-corrected chi connectivity index (χ2v) is 8.41. The van der Waals surface area contributed by atoms with Gasteiger partial charge >= 0.3 is 0 Å². The lowest BCUT2D eigenvalue weighted by atomic mass is 9.99. The lowest BCUT2D eigenvalue weighted by molar-refractivity contribution is 0.0777. The van der Waals surface area contributed by atoms with Crippen LogP contribution >= 0.6 is 12.4 Å². The van der Waals surface area contributed by atoms with Gasteiger partial charge in [0.2, 0.25) is 5.89 Å². The van der Waals surface area contributed by atoms with Crippen molar-refractivity contribution in [3.8, 4) is 0 Å². The molecule has 1 unspecified atom stereocenters. The standard InChI is InChI=1S/C21H31N5O3.ClH/c1-14(2)10-18-23-17(24-29-18)13-25(4)20(27)19-15(3)7-9-26(21(19)28)12-16-6-5-8-22-11-16;/h7,9,14,16,22H,5-6,8,10-13H2,1-4H3;1H. The SMILES string of the molecule is Cc1ccn(CC2CCCNC2)c(=O)c1C(=O)N(C)Cc1noc(CC(C)C)n1.Cl. The summed E-state index contributed by atoms with van der Waals surface area (Å²) in [5.74, 6) is 1.50. The Morgan fingerprint density at radius 2 is 2.20 bits per heavy atom. The molecule has 0 radical (unpaired) electrons. The lowest BCUT2D eigenvalue weighted by Gasteiger charge is -2.24. The minimum atomic E-state index is -0.321. The van der Waals surface area contributed by atoms with E-state index in [2.05, 4.69) is 29.3 Å². The normalized spacial score (nSPS) is 16.4. The number of rotatable bonds is 7. The molecule has 1 N–H and O–H groups in total. The highest BCUT2D eigenvalue weighted by molar-refractivity contribution is 5.95. The highest BCUT2D eigenvalue weighted by Crippen LogP contribution is 2.14. The van der Waals surface area contributed by atoms with Crippen LogP contribution in [0.2, 0.25) is 0 Å². The van der Waals surface area contributed by atoms with Crippen molar-refractivity contribution in [1.29, 1.82) is 0 Å². The highest BCUT2D eigenvalue weighted by atomic mass is 35.5. The highest BCUT2D eigenvalue weighted by Gasteiger charge is 2.22. The first kappa shape index (κ1) is 24.1. The Labute approximate surface area is 183 Å². The van der Waals surface area contributed by atoms with Gasteiger partial charge < -0.3 is 19.3 Å². The van der Waals surface area contributed by atoms with Crippen LogP contribution in [0.5, 0.6) is 0 Å². The van der Waals surface area contributed by atoms with Crippen LogP contribution in [0.15, 0.2) is 21.6 Å². The van der Waals surface area contributed by atoms with E-state index in [0.717, 1.165) is 25.9 Å². The minimum absolute atomic E-state index is 0. The first-order valence-electron chi connectivity index (χ1n) is 10.3. The van der Waals surface area contributed by atoms with E-state index >= 15 is 0 Å². The van der Waals surface area contributed by atoms with E-state index in [1.54, 1.807) is 24.7 Å². The molecule has 1 aliphatic heterocycles. The summed E-state index contributed by atoms with van der Waals surface area (Å²) in [5.41, 5.74) is 0.657. The Morgan fingerprint density at radius 1 is 1.43 bits per heavy atom. The number of nitrogens with one attached hydrogen (secondary N) is 1. The van der Waals surface area contributed by atoms with E-state index in [-0.39, 0.29) is 36.0 Å². The molecule has 1 fully saturated rings. The van der Waals surface area contributed by atoms with Gasteiger partial charge in [-0.25, -0.2) is 0 Å². The van der Waals surface area contributed by atoms with Gasteiger partial charge in [-0.1, -0.05) is 19.0 Å². The number of hydrogen-bond acceptors (Lipinski definition) is 6. The van der Waals surface area contributed by atoms with Crippen LogP contribution in [0.1, 0.15) is 54.3 Å². The van der Waals surface area contributed by atoms with Crippen molar-refractivity contribution in [1.82, 2.24) is 24.9 Å². The number of aryl methyl sites for hydroxylation is 1. The summed E-state index contributed by atoms with van der Waals surface area (Å²) < 4.78 is 6.91. The molecule has 1 amide bonds. The number of aromatic nitrogens is 3. The monoisotopic (exact) mass is 437 g/mol. The van der Waals surface area contributed by atoms with Crippen LogP contribution in [0.3, 0.4) is 0 Å². The zero-order chi connectivity index (χ0) is 21.0. The van der Waals surface area contributed by atoms with Crippen molar-refractivity contribution in [2.45, 2.75) is 53.1 Å². The third kappa shape index (κ3) is 5.92. The Hall–Kier alpha value is -2.19. The van der Waals surface area contributed by atoms with Crippen molar-refractivity contribution in [2.24, 2.45) is 11.8 Å². The third-order valence-electron chi connectivity index (χ3n) is 5.26. The molecule has 1 saturated heterocycles. The van der Waals surface area contributed by atoms with Crippen LogP contribution in [-0.2, 0) is 19.5 Å². The maximum absolute atomic E-state index is 13.0. The van der Waals surface area contributed by atoms with E-state index in [4.69, 9.17) is 4.52 Å². The fraction of sp³-hybridized carbons (Fsp3) is 0.619. The number of pyridine rings is 1. The van der Waals surface area contributed by atoms with Gasteiger partial charge in [0.25, 0.3) is 11.5 Å². The predicted molar refractivity (Wildman–Crippen MR) is 117 cm³/mol. The molecule has 2 aromatic rings. The van der Waals surface area contributed by atoms with E-state index in [9.17, 15) is 9.59 Å². The van der Waals surface area contributed by atoms with Crippen molar-refractivity contribution in [3.05, 3.63) is 45.5 Å². The van der Waals surface area contributed by atoms with E-state index < -0.39 is 0 Å². The number of nitrogens with zero attached hydrogens (tertiary/aromatic N) is 4. The van der Waals surface area contributed by atoms with Crippen molar-refractivity contribution >= 4 is 18.3 Å².